The molecule has 2 N–H and O–H groups in total. The Morgan fingerprint density at radius 1 is 1.50 bits per heavy atom. The molecule has 0 saturated heterocycles. The van der Waals surface area contributed by atoms with Gasteiger partial charge in [0.25, 0.3) is 0 Å². The lowest BCUT2D eigenvalue weighted by Gasteiger charge is -2.13. The van der Waals surface area contributed by atoms with Crippen LogP contribution in [0.4, 0.5) is 4.39 Å². The standard InChI is InChI=1S/C12H15ClFNO4S/c1-2-4-8(12(16)17)7-15-20(18,19)10-6-3-5-9(13)11(10)14/h3,5-6,8,15H,2,4,7H2,1H3,(H,16,17). The Kier molecular flexibility index (Phi) is 5.91. The topological polar surface area (TPSA) is 83.5 Å². The third-order valence-corrected chi connectivity index (χ3v) is 4.44. The highest BCUT2D eigenvalue weighted by Gasteiger charge is 2.24. The summed E-state index contributed by atoms with van der Waals surface area (Å²) in [5, 5.41) is 8.63. The van der Waals surface area contributed by atoms with Crippen LogP contribution in [0.5, 0.6) is 0 Å². The van der Waals surface area contributed by atoms with Gasteiger partial charge in [0.2, 0.25) is 10.0 Å². The second-order valence-corrected chi connectivity index (χ2v) is 6.37. The summed E-state index contributed by atoms with van der Waals surface area (Å²) in [6, 6.07) is 3.60. The number of hydrogen-bond donors (Lipinski definition) is 2. The molecule has 0 aliphatic carbocycles. The molecule has 1 aromatic rings. The van der Waals surface area contributed by atoms with Crippen LogP contribution in [0.3, 0.4) is 0 Å². The Bertz CT molecular complexity index is 591. The molecule has 0 radical (unpaired) electrons. The molecule has 0 spiro atoms. The molecule has 8 heteroatoms. The van der Waals surface area contributed by atoms with E-state index in [1.807, 2.05) is 0 Å². The molecule has 1 rings (SSSR count). The molecular formula is C12H15ClFNO4S. The lowest BCUT2D eigenvalue weighted by atomic mass is 10.1. The predicted molar refractivity (Wildman–Crippen MR) is 72.6 cm³/mol. The second kappa shape index (κ2) is 7.01. The minimum Gasteiger partial charge on any atom is -0.481 e. The fourth-order valence-corrected chi connectivity index (χ4v) is 3.05. The molecule has 0 heterocycles. The van der Waals surface area contributed by atoms with E-state index < -0.39 is 32.6 Å². The van der Waals surface area contributed by atoms with Crippen molar-refractivity contribution in [1.29, 1.82) is 0 Å². The molecule has 1 unspecified atom stereocenters. The summed E-state index contributed by atoms with van der Waals surface area (Å²) < 4.78 is 39.6. The van der Waals surface area contributed by atoms with Crippen LogP contribution in [0.1, 0.15) is 19.8 Å². The van der Waals surface area contributed by atoms with Crippen LogP contribution in [0.2, 0.25) is 5.02 Å². The largest absolute Gasteiger partial charge is 0.481 e. The second-order valence-electron chi connectivity index (χ2n) is 4.23. The average molecular weight is 324 g/mol. The summed E-state index contributed by atoms with van der Waals surface area (Å²) in [6.45, 7) is 1.50. The Balaban J connectivity index is 2.90. The van der Waals surface area contributed by atoms with E-state index in [0.717, 1.165) is 6.07 Å². The van der Waals surface area contributed by atoms with Crippen molar-refractivity contribution in [3.63, 3.8) is 0 Å². The molecule has 0 saturated carbocycles. The van der Waals surface area contributed by atoms with Crippen LogP contribution in [-0.4, -0.2) is 26.0 Å². The normalized spacial score (nSPS) is 13.2. The van der Waals surface area contributed by atoms with Crippen LogP contribution in [0, 0.1) is 11.7 Å². The van der Waals surface area contributed by atoms with E-state index >= 15 is 0 Å². The number of hydrogen-bond acceptors (Lipinski definition) is 3. The zero-order valence-electron chi connectivity index (χ0n) is 10.8. The van der Waals surface area contributed by atoms with E-state index in [0.29, 0.717) is 12.8 Å². The molecular weight excluding hydrogens is 309 g/mol. The van der Waals surface area contributed by atoms with Gasteiger partial charge in [-0.05, 0) is 18.6 Å². The van der Waals surface area contributed by atoms with E-state index in [-0.39, 0.29) is 11.6 Å². The molecule has 0 bridgehead atoms. The van der Waals surface area contributed by atoms with E-state index in [2.05, 4.69) is 4.72 Å². The number of carboxylic acid groups (broad SMARTS) is 1. The van der Waals surface area contributed by atoms with Crippen LogP contribution >= 0.6 is 11.6 Å². The van der Waals surface area contributed by atoms with Gasteiger partial charge in [0.1, 0.15) is 4.90 Å². The molecule has 1 atom stereocenters. The molecule has 0 aliphatic heterocycles. The number of carboxylic acids is 1. The van der Waals surface area contributed by atoms with Gasteiger partial charge >= 0.3 is 5.97 Å². The average Bonchev–Trinajstić information content (AvgIpc) is 2.37. The first-order valence-corrected chi connectivity index (χ1v) is 7.82. The zero-order chi connectivity index (χ0) is 15.3. The number of aliphatic carboxylic acids is 1. The highest BCUT2D eigenvalue weighted by Crippen LogP contribution is 2.21. The van der Waals surface area contributed by atoms with Gasteiger partial charge in [-0.1, -0.05) is 31.0 Å². The van der Waals surface area contributed by atoms with Gasteiger partial charge in [0, 0.05) is 6.54 Å². The van der Waals surface area contributed by atoms with Crippen molar-refractivity contribution >= 4 is 27.6 Å². The molecule has 0 aliphatic rings. The van der Waals surface area contributed by atoms with Crippen molar-refractivity contribution in [2.24, 2.45) is 5.92 Å². The smallest absolute Gasteiger partial charge is 0.307 e. The van der Waals surface area contributed by atoms with Crippen molar-refractivity contribution in [3.05, 3.63) is 29.0 Å². The Labute approximate surface area is 121 Å². The van der Waals surface area contributed by atoms with E-state index in [9.17, 15) is 17.6 Å². The fourth-order valence-electron chi connectivity index (χ4n) is 1.64. The summed E-state index contributed by atoms with van der Waals surface area (Å²) in [7, 11) is -4.13. The Morgan fingerprint density at radius 3 is 2.70 bits per heavy atom. The molecule has 0 aromatic heterocycles. The number of rotatable bonds is 7. The lowest BCUT2D eigenvalue weighted by Crippen LogP contribution is -2.33. The van der Waals surface area contributed by atoms with Crippen molar-refractivity contribution in [2.75, 3.05) is 6.54 Å². The molecule has 0 fully saturated rings. The van der Waals surface area contributed by atoms with Gasteiger partial charge in [-0.3, -0.25) is 4.79 Å². The summed E-state index contributed by atoms with van der Waals surface area (Å²) in [6.07, 6.45) is 0.931. The summed E-state index contributed by atoms with van der Waals surface area (Å²) in [5.74, 6) is -3.00. The van der Waals surface area contributed by atoms with Gasteiger partial charge in [-0.2, -0.15) is 0 Å². The molecule has 1 aromatic carbocycles. The molecule has 0 amide bonds. The maximum atomic E-state index is 13.7. The third kappa shape index (κ3) is 4.16. The van der Waals surface area contributed by atoms with Crippen LogP contribution in [0.25, 0.3) is 0 Å². The minimum atomic E-state index is -4.13. The first-order valence-electron chi connectivity index (χ1n) is 5.96. The van der Waals surface area contributed by atoms with Gasteiger partial charge in [-0.15, -0.1) is 0 Å². The number of nitrogens with one attached hydrogen (secondary N) is 1. The number of halogens is 2. The fraction of sp³-hybridized carbons (Fsp3) is 0.417. The highest BCUT2D eigenvalue weighted by atomic mass is 35.5. The van der Waals surface area contributed by atoms with Gasteiger partial charge in [0.05, 0.1) is 10.9 Å². The molecule has 20 heavy (non-hydrogen) atoms. The van der Waals surface area contributed by atoms with Crippen molar-refractivity contribution in [1.82, 2.24) is 4.72 Å². The van der Waals surface area contributed by atoms with E-state index in [4.69, 9.17) is 16.7 Å². The highest BCUT2D eigenvalue weighted by molar-refractivity contribution is 7.89. The predicted octanol–water partition coefficient (Wildman–Crippen LogP) is 2.26. The Morgan fingerprint density at radius 2 is 2.15 bits per heavy atom. The summed E-state index contributed by atoms with van der Waals surface area (Å²) in [4.78, 5) is 10.3. The maximum Gasteiger partial charge on any atom is 0.307 e. The lowest BCUT2D eigenvalue weighted by molar-refractivity contribution is -0.141. The summed E-state index contributed by atoms with van der Waals surface area (Å²) in [5.41, 5.74) is 0. The number of sulfonamides is 1. The van der Waals surface area contributed by atoms with Crippen molar-refractivity contribution in [3.8, 4) is 0 Å². The van der Waals surface area contributed by atoms with E-state index in [1.54, 1.807) is 6.92 Å². The van der Waals surface area contributed by atoms with Crippen LogP contribution < -0.4 is 4.72 Å². The van der Waals surface area contributed by atoms with Gasteiger partial charge in [0.15, 0.2) is 5.82 Å². The van der Waals surface area contributed by atoms with Crippen LogP contribution in [0.15, 0.2) is 23.1 Å². The first-order chi connectivity index (χ1) is 9.29. The SMILES string of the molecule is CCCC(CNS(=O)(=O)c1cccc(Cl)c1F)C(=O)O. The summed E-state index contributed by atoms with van der Waals surface area (Å²) >= 11 is 5.52. The zero-order valence-corrected chi connectivity index (χ0v) is 12.3. The maximum absolute atomic E-state index is 13.7. The van der Waals surface area contributed by atoms with Crippen LogP contribution in [-0.2, 0) is 14.8 Å². The monoisotopic (exact) mass is 323 g/mol. The van der Waals surface area contributed by atoms with Gasteiger partial charge in [-0.25, -0.2) is 17.5 Å². The molecule has 5 nitrogen and oxygen atoms in total. The number of benzene rings is 1. The quantitative estimate of drug-likeness (QED) is 0.806. The Hall–Kier alpha value is -1.18. The minimum absolute atomic E-state index is 0.294. The van der Waals surface area contributed by atoms with E-state index in [1.165, 1.54) is 12.1 Å². The van der Waals surface area contributed by atoms with Gasteiger partial charge < -0.3 is 5.11 Å². The van der Waals surface area contributed by atoms with Crippen molar-refractivity contribution < 1.29 is 22.7 Å². The number of carbonyl (C=O) groups is 1. The first kappa shape index (κ1) is 16.9. The third-order valence-electron chi connectivity index (χ3n) is 2.71. The molecule has 112 valence electrons. The van der Waals surface area contributed by atoms with Crippen molar-refractivity contribution in [2.45, 2.75) is 24.7 Å².